The molecule has 98 valence electrons. The summed E-state index contributed by atoms with van der Waals surface area (Å²) in [6.45, 7) is 4.50. The zero-order valence-corrected chi connectivity index (χ0v) is 10.8. The van der Waals surface area contributed by atoms with E-state index in [4.69, 9.17) is 19.3 Å². The average molecular weight is 236 g/mol. The summed E-state index contributed by atoms with van der Waals surface area (Å²) in [6.07, 6.45) is 0. The first kappa shape index (κ1) is 15.8. The van der Waals surface area contributed by atoms with Crippen molar-refractivity contribution in [3.05, 3.63) is 0 Å². The van der Waals surface area contributed by atoms with Crippen molar-refractivity contribution in [1.82, 2.24) is 0 Å². The lowest BCUT2D eigenvalue weighted by Crippen LogP contribution is -2.37. The highest BCUT2D eigenvalue weighted by Gasteiger charge is 2.05. The first-order valence-electron chi connectivity index (χ1n) is 5.71. The van der Waals surface area contributed by atoms with E-state index in [0.29, 0.717) is 33.0 Å². The number of hydrogen-bond acceptors (Lipinski definition) is 4. The maximum atomic E-state index is 8.44. The summed E-state index contributed by atoms with van der Waals surface area (Å²) >= 11 is 0. The molecule has 0 heterocycles. The Morgan fingerprint density at radius 1 is 0.750 bits per heavy atom. The fraction of sp³-hybridized carbons (Fsp3) is 1.00. The van der Waals surface area contributed by atoms with Crippen LogP contribution in [0.25, 0.3) is 0 Å². The van der Waals surface area contributed by atoms with Crippen molar-refractivity contribution in [3.63, 3.8) is 0 Å². The van der Waals surface area contributed by atoms with Crippen LogP contribution in [0.1, 0.15) is 0 Å². The highest BCUT2D eigenvalue weighted by Crippen LogP contribution is 1.89. The minimum absolute atomic E-state index is 0.0637. The molecule has 0 fully saturated rings. The lowest BCUT2D eigenvalue weighted by molar-refractivity contribution is -0.870. The predicted molar refractivity (Wildman–Crippen MR) is 62.4 cm³/mol. The summed E-state index contributed by atoms with van der Waals surface area (Å²) in [4.78, 5) is 0. The largest absolute Gasteiger partial charge is 0.394 e. The van der Waals surface area contributed by atoms with Crippen molar-refractivity contribution in [2.45, 2.75) is 0 Å². The smallest absolute Gasteiger partial charge is 0.102 e. The van der Waals surface area contributed by atoms with Crippen LogP contribution in [0.3, 0.4) is 0 Å². The number of likely N-dealkylation sites (N-methyl/N-ethyl adjacent to an activating group) is 1. The van der Waals surface area contributed by atoms with Gasteiger partial charge in [-0.3, -0.25) is 0 Å². The molecule has 0 aliphatic rings. The van der Waals surface area contributed by atoms with Crippen LogP contribution >= 0.6 is 0 Å². The number of hydrogen-bond donors (Lipinski definition) is 1. The zero-order valence-electron chi connectivity index (χ0n) is 10.8. The molecular formula is C11H26NO4+. The maximum Gasteiger partial charge on any atom is 0.102 e. The number of rotatable bonds is 11. The van der Waals surface area contributed by atoms with E-state index in [2.05, 4.69) is 21.1 Å². The molecule has 0 amide bonds. The molecule has 5 nitrogen and oxygen atoms in total. The molecule has 0 unspecified atom stereocenters. The van der Waals surface area contributed by atoms with Gasteiger partial charge < -0.3 is 23.8 Å². The van der Waals surface area contributed by atoms with Crippen LogP contribution in [-0.4, -0.2) is 83.5 Å². The Morgan fingerprint density at radius 3 is 1.62 bits per heavy atom. The van der Waals surface area contributed by atoms with Gasteiger partial charge in [0.25, 0.3) is 0 Å². The Bertz CT molecular complexity index is 147. The second-order valence-electron chi connectivity index (χ2n) is 4.57. The molecule has 0 aromatic heterocycles. The Hall–Kier alpha value is -0.200. The summed E-state index contributed by atoms with van der Waals surface area (Å²) in [7, 11) is 6.41. The molecule has 0 spiro atoms. The van der Waals surface area contributed by atoms with Crippen LogP contribution in [-0.2, 0) is 14.2 Å². The van der Waals surface area contributed by atoms with Gasteiger partial charge in [0.15, 0.2) is 0 Å². The van der Waals surface area contributed by atoms with Crippen molar-refractivity contribution in [2.75, 3.05) is 73.9 Å². The molecule has 0 saturated heterocycles. The molecule has 0 aliphatic carbocycles. The first-order chi connectivity index (χ1) is 7.56. The quantitative estimate of drug-likeness (QED) is 0.396. The minimum atomic E-state index is 0.0637. The minimum Gasteiger partial charge on any atom is -0.394 e. The van der Waals surface area contributed by atoms with Crippen LogP contribution in [0.15, 0.2) is 0 Å². The summed E-state index contributed by atoms with van der Waals surface area (Å²) < 4.78 is 16.6. The van der Waals surface area contributed by atoms with Crippen LogP contribution in [0.4, 0.5) is 0 Å². The molecule has 16 heavy (non-hydrogen) atoms. The second kappa shape index (κ2) is 9.99. The first-order valence-corrected chi connectivity index (χ1v) is 5.71. The third-order valence-corrected chi connectivity index (χ3v) is 1.89. The summed E-state index contributed by atoms with van der Waals surface area (Å²) in [6, 6.07) is 0. The van der Waals surface area contributed by atoms with E-state index in [0.717, 1.165) is 17.6 Å². The second-order valence-corrected chi connectivity index (χ2v) is 4.57. The van der Waals surface area contributed by atoms with E-state index in [1.54, 1.807) is 0 Å². The van der Waals surface area contributed by atoms with E-state index in [1.807, 2.05) is 0 Å². The van der Waals surface area contributed by atoms with E-state index in [1.165, 1.54) is 0 Å². The van der Waals surface area contributed by atoms with Gasteiger partial charge in [-0.2, -0.15) is 0 Å². The van der Waals surface area contributed by atoms with E-state index in [-0.39, 0.29) is 6.61 Å². The monoisotopic (exact) mass is 236 g/mol. The molecular weight excluding hydrogens is 210 g/mol. The molecule has 0 radical (unpaired) electrons. The Kier molecular flexibility index (Phi) is 9.86. The number of aliphatic hydroxyl groups is 1. The molecule has 5 heteroatoms. The van der Waals surface area contributed by atoms with Gasteiger partial charge in [0.05, 0.1) is 67.4 Å². The van der Waals surface area contributed by atoms with Crippen LogP contribution in [0, 0.1) is 0 Å². The number of aliphatic hydroxyl groups excluding tert-OH is 1. The van der Waals surface area contributed by atoms with Gasteiger partial charge in [-0.15, -0.1) is 0 Å². The third-order valence-electron chi connectivity index (χ3n) is 1.89. The van der Waals surface area contributed by atoms with Crippen molar-refractivity contribution >= 4 is 0 Å². The molecule has 0 aromatic carbocycles. The van der Waals surface area contributed by atoms with Crippen molar-refractivity contribution in [1.29, 1.82) is 0 Å². The van der Waals surface area contributed by atoms with E-state index >= 15 is 0 Å². The Labute approximate surface area is 98.5 Å². The topological polar surface area (TPSA) is 47.9 Å². The lowest BCUT2D eigenvalue weighted by atomic mass is 10.5. The van der Waals surface area contributed by atoms with Crippen LogP contribution in [0.5, 0.6) is 0 Å². The maximum absolute atomic E-state index is 8.44. The average Bonchev–Trinajstić information content (AvgIpc) is 2.19. The molecule has 0 bridgehead atoms. The van der Waals surface area contributed by atoms with E-state index in [9.17, 15) is 0 Å². The summed E-state index contributed by atoms with van der Waals surface area (Å²) in [5.41, 5.74) is 0. The molecule has 0 saturated carbocycles. The van der Waals surface area contributed by atoms with Gasteiger partial charge in [0.2, 0.25) is 0 Å². The standard InChI is InChI=1S/C11H26NO4/c1-12(2,3)4-6-14-8-10-16-11-9-15-7-5-13/h13H,4-11H2,1-3H3/q+1. The van der Waals surface area contributed by atoms with Crippen molar-refractivity contribution in [2.24, 2.45) is 0 Å². The normalized spacial score (nSPS) is 12.0. The van der Waals surface area contributed by atoms with Crippen LogP contribution in [0.2, 0.25) is 0 Å². The zero-order chi connectivity index (χ0) is 12.3. The highest BCUT2D eigenvalue weighted by atomic mass is 16.5. The van der Waals surface area contributed by atoms with Crippen molar-refractivity contribution in [3.8, 4) is 0 Å². The van der Waals surface area contributed by atoms with Gasteiger partial charge in [0.1, 0.15) is 6.54 Å². The predicted octanol–water partition coefficient (Wildman–Crippen LogP) is -0.265. The highest BCUT2D eigenvalue weighted by molar-refractivity contribution is 4.34. The van der Waals surface area contributed by atoms with Crippen molar-refractivity contribution < 1.29 is 23.8 Å². The molecule has 0 aromatic rings. The van der Waals surface area contributed by atoms with E-state index < -0.39 is 0 Å². The lowest BCUT2D eigenvalue weighted by Gasteiger charge is -2.23. The molecule has 1 N–H and O–H groups in total. The summed E-state index contributed by atoms with van der Waals surface area (Å²) in [5.74, 6) is 0. The Balaban J connectivity index is 2.99. The van der Waals surface area contributed by atoms with Gasteiger partial charge in [0, 0.05) is 0 Å². The van der Waals surface area contributed by atoms with Gasteiger partial charge in [-0.05, 0) is 0 Å². The molecule has 0 aliphatic heterocycles. The number of ether oxygens (including phenoxy) is 3. The van der Waals surface area contributed by atoms with Gasteiger partial charge in [-0.1, -0.05) is 0 Å². The molecule has 0 rings (SSSR count). The fourth-order valence-electron chi connectivity index (χ4n) is 0.945. The van der Waals surface area contributed by atoms with Gasteiger partial charge in [-0.25, -0.2) is 0 Å². The Morgan fingerprint density at radius 2 is 1.19 bits per heavy atom. The third kappa shape index (κ3) is 13.8. The fourth-order valence-corrected chi connectivity index (χ4v) is 0.945. The molecule has 0 atom stereocenters. The number of quaternary nitrogens is 1. The summed E-state index contributed by atoms with van der Waals surface area (Å²) in [5, 5.41) is 8.44. The number of nitrogens with zero attached hydrogens (tertiary/aromatic N) is 1. The van der Waals surface area contributed by atoms with Crippen LogP contribution < -0.4 is 0 Å². The van der Waals surface area contributed by atoms with Gasteiger partial charge >= 0.3 is 0 Å². The SMILES string of the molecule is C[N+](C)(C)CCOCCOCCOCCO.